The van der Waals surface area contributed by atoms with Gasteiger partial charge in [-0.2, -0.15) is 0 Å². The van der Waals surface area contributed by atoms with Crippen molar-refractivity contribution in [3.8, 4) is 5.75 Å². The van der Waals surface area contributed by atoms with Crippen molar-refractivity contribution >= 4 is 11.6 Å². The van der Waals surface area contributed by atoms with E-state index in [0.717, 1.165) is 11.3 Å². The average molecular weight is 270 g/mol. The first kappa shape index (κ1) is 14.1. The quantitative estimate of drug-likeness (QED) is 0.527. The number of nitrogens with two attached hydrogens (primary N) is 1. The maximum atomic E-state index is 12.1. The fourth-order valence-corrected chi connectivity index (χ4v) is 1.85. The Bertz CT molecular complexity index is 576. The summed E-state index contributed by atoms with van der Waals surface area (Å²) < 4.78 is 5.07. The lowest BCUT2D eigenvalue weighted by Gasteiger charge is -2.17. The molecule has 20 heavy (non-hydrogen) atoms. The number of benzene rings is 2. The summed E-state index contributed by atoms with van der Waals surface area (Å²) in [5.41, 5.74) is 2.76. The van der Waals surface area contributed by atoms with E-state index in [1.807, 2.05) is 31.2 Å². The van der Waals surface area contributed by atoms with E-state index in [0.29, 0.717) is 5.69 Å². The van der Waals surface area contributed by atoms with Gasteiger partial charge in [0.1, 0.15) is 5.75 Å². The van der Waals surface area contributed by atoms with Crippen molar-refractivity contribution in [2.75, 3.05) is 12.1 Å². The molecular weight excluding hydrogens is 252 g/mol. The van der Waals surface area contributed by atoms with Gasteiger partial charge in [-0.3, -0.25) is 4.79 Å². The largest absolute Gasteiger partial charge is 0.497 e. The molecule has 1 amide bonds. The molecule has 0 saturated heterocycles. The van der Waals surface area contributed by atoms with Gasteiger partial charge < -0.3 is 4.74 Å². The summed E-state index contributed by atoms with van der Waals surface area (Å²) in [7, 11) is 1.60. The van der Waals surface area contributed by atoms with Crippen LogP contribution in [0.2, 0.25) is 0 Å². The Kier molecular flexibility index (Phi) is 4.38. The monoisotopic (exact) mass is 270 g/mol. The van der Waals surface area contributed by atoms with Crippen molar-refractivity contribution in [1.82, 2.24) is 0 Å². The number of anilines is 1. The van der Waals surface area contributed by atoms with E-state index in [2.05, 4.69) is 0 Å². The maximum Gasteiger partial charge on any atom is 0.245 e. The molecule has 0 aromatic heterocycles. The van der Waals surface area contributed by atoms with Gasteiger partial charge in [-0.1, -0.05) is 29.8 Å². The highest BCUT2D eigenvalue weighted by Gasteiger charge is 2.12. The van der Waals surface area contributed by atoms with E-state index in [1.165, 1.54) is 10.6 Å². The summed E-state index contributed by atoms with van der Waals surface area (Å²) >= 11 is 0. The number of carbonyl (C=O) groups is 1. The Morgan fingerprint density at radius 1 is 1.10 bits per heavy atom. The zero-order chi connectivity index (χ0) is 14.5. The molecule has 0 aliphatic heterocycles. The van der Waals surface area contributed by atoms with Crippen LogP contribution in [-0.4, -0.2) is 13.0 Å². The maximum absolute atomic E-state index is 12.1. The molecule has 0 heterocycles. The third-order valence-electron chi connectivity index (χ3n) is 3.10. The van der Waals surface area contributed by atoms with Crippen molar-refractivity contribution in [3.05, 3.63) is 59.7 Å². The van der Waals surface area contributed by atoms with Gasteiger partial charge in [0.25, 0.3) is 0 Å². The third-order valence-corrected chi connectivity index (χ3v) is 3.10. The number of hydrogen-bond acceptors (Lipinski definition) is 3. The Hall–Kier alpha value is -2.33. The first-order chi connectivity index (χ1) is 9.60. The predicted octanol–water partition coefficient (Wildman–Crippen LogP) is 2.45. The predicted molar refractivity (Wildman–Crippen MR) is 79.6 cm³/mol. The van der Waals surface area contributed by atoms with Gasteiger partial charge in [0, 0.05) is 0 Å². The minimum atomic E-state index is -0.154. The van der Waals surface area contributed by atoms with E-state index in [1.54, 1.807) is 31.4 Å². The molecule has 0 spiro atoms. The molecule has 2 rings (SSSR count). The summed E-state index contributed by atoms with van der Waals surface area (Å²) in [5.74, 6) is 6.43. The van der Waals surface area contributed by atoms with Gasteiger partial charge in [0.2, 0.25) is 5.91 Å². The highest BCUT2D eigenvalue weighted by molar-refractivity contribution is 5.93. The molecule has 2 N–H and O–H groups in total. The lowest BCUT2D eigenvalue weighted by atomic mass is 10.1. The third kappa shape index (κ3) is 3.36. The van der Waals surface area contributed by atoms with Crippen LogP contribution < -0.4 is 15.6 Å². The van der Waals surface area contributed by atoms with Crippen LogP contribution in [0.1, 0.15) is 11.1 Å². The lowest BCUT2D eigenvalue weighted by Crippen LogP contribution is -2.38. The smallest absolute Gasteiger partial charge is 0.245 e. The molecule has 4 heteroatoms. The molecule has 4 nitrogen and oxygen atoms in total. The van der Waals surface area contributed by atoms with Crippen LogP contribution in [0.25, 0.3) is 0 Å². The SMILES string of the molecule is COc1ccc(N(N)C(=O)Cc2ccc(C)cc2)cc1. The van der Waals surface area contributed by atoms with Crippen molar-refractivity contribution in [2.24, 2.45) is 5.84 Å². The van der Waals surface area contributed by atoms with Gasteiger partial charge in [-0.05, 0) is 36.8 Å². The highest BCUT2D eigenvalue weighted by Crippen LogP contribution is 2.18. The molecule has 0 saturated carbocycles. The second-order valence-corrected chi connectivity index (χ2v) is 4.62. The molecule has 0 bridgehead atoms. The molecule has 0 aliphatic carbocycles. The van der Waals surface area contributed by atoms with Crippen LogP contribution in [0.5, 0.6) is 5.75 Å². The fourth-order valence-electron chi connectivity index (χ4n) is 1.85. The molecule has 0 unspecified atom stereocenters. The number of amides is 1. The van der Waals surface area contributed by atoms with E-state index < -0.39 is 0 Å². The lowest BCUT2D eigenvalue weighted by molar-refractivity contribution is -0.118. The number of nitrogens with zero attached hydrogens (tertiary/aromatic N) is 1. The minimum Gasteiger partial charge on any atom is -0.497 e. The Labute approximate surface area is 118 Å². The molecule has 104 valence electrons. The average Bonchev–Trinajstić information content (AvgIpc) is 2.49. The van der Waals surface area contributed by atoms with Crippen LogP contribution in [0.15, 0.2) is 48.5 Å². The normalized spacial score (nSPS) is 10.2. The van der Waals surface area contributed by atoms with Gasteiger partial charge in [0.05, 0.1) is 19.2 Å². The topological polar surface area (TPSA) is 55.6 Å². The molecule has 2 aromatic carbocycles. The van der Waals surface area contributed by atoms with Gasteiger partial charge in [0.15, 0.2) is 0 Å². The van der Waals surface area contributed by atoms with Gasteiger partial charge >= 0.3 is 0 Å². The standard InChI is InChI=1S/C16H18N2O2/c1-12-3-5-13(6-4-12)11-16(19)18(17)14-7-9-15(20-2)10-8-14/h3-10H,11,17H2,1-2H3. The number of carbonyl (C=O) groups excluding carboxylic acids is 1. The van der Waals surface area contributed by atoms with Crippen molar-refractivity contribution in [3.63, 3.8) is 0 Å². The number of rotatable bonds is 4. The van der Waals surface area contributed by atoms with E-state index in [4.69, 9.17) is 10.6 Å². The highest BCUT2D eigenvalue weighted by atomic mass is 16.5. The van der Waals surface area contributed by atoms with Crippen molar-refractivity contribution in [2.45, 2.75) is 13.3 Å². The number of aryl methyl sites for hydroxylation is 1. The zero-order valence-corrected chi connectivity index (χ0v) is 11.7. The minimum absolute atomic E-state index is 0.154. The molecular formula is C16H18N2O2. The van der Waals surface area contributed by atoms with E-state index in [9.17, 15) is 4.79 Å². The summed E-state index contributed by atoms with van der Waals surface area (Å²) in [6.07, 6.45) is 0.281. The Morgan fingerprint density at radius 3 is 2.25 bits per heavy atom. The van der Waals surface area contributed by atoms with Crippen LogP contribution >= 0.6 is 0 Å². The molecule has 0 aliphatic rings. The molecule has 2 aromatic rings. The number of ether oxygens (including phenoxy) is 1. The summed E-state index contributed by atoms with van der Waals surface area (Å²) in [6, 6.07) is 14.9. The Balaban J connectivity index is 2.05. The van der Waals surface area contributed by atoms with Crippen molar-refractivity contribution < 1.29 is 9.53 Å². The van der Waals surface area contributed by atoms with E-state index >= 15 is 0 Å². The van der Waals surface area contributed by atoms with Crippen LogP contribution in [0.3, 0.4) is 0 Å². The van der Waals surface area contributed by atoms with Crippen LogP contribution in [-0.2, 0) is 11.2 Å². The summed E-state index contributed by atoms with van der Waals surface area (Å²) in [5, 5.41) is 1.17. The van der Waals surface area contributed by atoms with Crippen LogP contribution in [0, 0.1) is 6.92 Å². The molecule has 0 fully saturated rings. The number of methoxy groups -OCH3 is 1. The van der Waals surface area contributed by atoms with E-state index in [-0.39, 0.29) is 12.3 Å². The first-order valence-electron chi connectivity index (χ1n) is 6.37. The fraction of sp³-hybridized carbons (Fsp3) is 0.188. The molecule has 0 radical (unpaired) electrons. The number of hydrazine groups is 1. The second kappa shape index (κ2) is 6.21. The summed E-state index contributed by atoms with van der Waals surface area (Å²) in [4.78, 5) is 12.1. The van der Waals surface area contributed by atoms with Gasteiger partial charge in [-0.15, -0.1) is 0 Å². The second-order valence-electron chi connectivity index (χ2n) is 4.62. The zero-order valence-electron chi connectivity index (χ0n) is 11.7. The first-order valence-corrected chi connectivity index (χ1v) is 6.37. The number of hydrogen-bond donors (Lipinski definition) is 1. The van der Waals surface area contributed by atoms with Crippen LogP contribution in [0.4, 0.5) is 5.69 Å². The van der Waals surface area contributed by atoms with Gasteiger partial charge in [-0.25, -0.2) is 10.9 Å². The molecule has 0 atom stereocenters. The van der Waals surface area contributed by atoms with Crippen molar-refractivity contribution in [1.29, 1.82) is 0 Å². The Morgan fingerprint density at radius 2 is 1.70 bits per heavy atom. The summed E-state index contributed by atoms with van der Waals surface area (Å²) in [6.45, 7) is 2.01.